The van der Waals surface area contributed by atoms with Crippen LogP contribution in [-0.2, 0) is 0 Å². The van der Waals surface area contributed by atoms with Crippen molar-refractivity contribution in [3.63, 3.8) is 0 Å². The number of hydrogen-bond donors (Lipinski definition) is 0. The van der Waals surface area contributed by atoms with Gasteiger partial charge >= 0.3 is 0 Å². The summed E-state index contributed by atoms with van der Waals surface area (Å²) in [4.78, 5) is 0. The zero-order valence-electron chi connectivity index (χ0n) is 23.8. The first-order valence-electron chi connectivity index (χ1n) is 14.9. The molecule has 192 valence electrons. The molecule has 4 rings (SSSR count). The monoisotopic (exact) mass is 490 g/mol. The topological polar surface area (TPSA) is 0 Å². The van der Waals surface area contributed by atoms with E-state index in [1.807, 2.05) is 0 Å². The molecule has 0 atom stereocenters. The molecule has 0 nitrogen and oxygen atoms in total. The van der Waals surface area contributed by atoms with Crippen molar-refractivity contribution in [3.05, 3.63) is 52.6 Å². The van der Waals surface area contributed by atoms with E-state index in [4.69, 9.17) is 0 Å². The van der Waals surface area contributed by atoms with Gasteiger partial charge in [0, 0.05) is 0 Å². The third kappa shape index (κ3) is 5.74. The van der Waals surface area contributed by atoms with Crippen LogP contribution in [0.5, 0.6) is 0 Å². The van der Waals surface area contributed by atoms with Crippen molar-refractivity contribution in [1.29, 1.82) is 0 Å². The van der Waals surface area contributed by atoms with E-state index in [-0.39, 0.29) is 7.92 Å². The number of rotatable bonds is 7. The fourth-order valence-electron chi connectivity index (χ4n) is 7.24. The Morgan fingerprint density at radius 1 is 0.657 bits per heavy atom. The molecule has 0 saturated heterocycles. The highest BCUT2D eigenvalue weighted by Gasteiger charge is 2.34. The van der Waals surface area contributed by atoms with E-state index < -0.39 is 0 Å². The third-order valence-corrected chi connectivity index (χ3v) is 12.5. The van der Waals surface area contributed by atoms with Crippen LogP contribution in [0.1, 0.15) is 146 Å². The zero-order chi connectivity index (χ0) is 25.1. The maximum atomic E-state index is 2.59. The molecule has 0 amide bonds. The Labute approximate surface area is 218 Å². The fourth-order valence-corrected chi connectivity index (χ4v) is 11.2. The van der Waals surface area contributed by atoms with Crippen molar-refractivity contribution < 1.29 is 0 Å². The van der Waals surface area contributed by atoms with Crippen LogP contribution in [-0.4, -0.2) is 11.3 Å². The molecule has 0 radical (unpaired) electrons. The minimum Gasteiger partial charge on any atom is -0.0683 e. The van der Waals surface area contributed by atoms with Gasteiger partial charge in [0.2, 0.25) is 0 Å². The number of benzene rings is 2. The van der Waals surface area contributed by atoms with E-state index in [1.54, 1.807) is 38.7 Å². The van der Waals surface area contributed by atoms with E-state index in [0.29, 0.717) is 17.8 Å². The molecule has 0 spiro atoms. The Morgan fingerprint density at radius 3 is 1.66 bits per heavy atom. The van der Waals surface area contributed by atoms with E-state index in [1.165, 1.54) is 64.2 Å². The lowest BCUT2D eigenvalue weighted by Gasteiger charge is -2.40. The SMILES string of the molecule is Cc1c(C(C)C)cc(C(C)C)c(-c2ccccc2P(C2CCCCC2)C2CCCCC2)c1C(C)C. The Bertz CT molecular complexity index is 952. The summed E-state index contributed by atoms with van der Waals surface area (Å²) in [5.41, 5.74) is 11.4. The molecule has 2 aromatic rings. The first-order valence-corrected chi connectivity index (χ1v) is 16.3. The third-order valence-electron chi connectivity index (χ3n) is 8.92. The van der Waals surface area contributed by atoms with Crippen molar-refractivity contribution in [1.82, 2.24) is 0 Å². The lowest BCUT2D eigenvalue weighted by Crippen LogP contribution is -2.27. The van der Waals surface area contributed by atoms with Crippen molar-refractivity contribution in [2.75, 3.05) is 0 Å². The van der Waals surface area contributed by atoms with Crippen molar-refractivity contribution >= 4 is 13.2 Å². The van der Waals surface area contributed by atoms with Crippen LogP contribution in [0.15, 0.2) is 30.3 Å². The minimum absolute atomic E-state index is 0.130. The molecule has 0 heterocycles. The van der Waals surface area contributed by atoms with Gasteiger partial charge in [0.15, 0.2) is 0 Å². The Hall–Kier alpha value is -1.13. The van der Waals surface area contributed by atoms with Gasteiger partial charge in [0.1, 0.15) is 0 Å². The van der Waals surface area contributed by atoms with Gasteiger partial charge in [-0.2, -0.15) is 0 Å². The first kappa shape index (κ1) is 26.9. The van der Waals surface area contributed by atoms with Crippen LogP contribution >= 0.6 is 7.92 Å². The van der Waals surface area contributed by atoms with Gasteiger partial charge in [0.05, 0.1) is 0 Å². The van der Waals surface area contributed by atoms with E-state index in [2.05, 4.69) is 78.8 Å². The molecule has 0 aliphatic heterocycles. The predicted molar refractivity (Wildman–Crippen MR) is 159 cm³/mol. The van der Waals surface area contributed by atoms with Gasteiger partial charge < -0.3 is 0 Å². The molecule has 0 aromatic heterocycles. The average molecular weight is 491 g/mol. The molecule has 0 bridgehead atoms. The molecule has 0 N–H and O–H groups in total. The second-order valence-electron chi connectivity index (χ2n) is 12.4. The fraction of sp³-hybridized carbons (Fsp3) is 0.647. The maximum Gasteiger partial charge on any atom is -0.0101 e. The quantitative estimate of drug-likeness (QED) is 0.339. The summed E-state index contributed by atoms with van der Waals surface area (Å²) < 4.78 is 0. The summed E-state index contributed by atoms with van der Waals surface area (Å²) in [5, 5.41) is 1.75. The normalized spacial score (nSPS) is 18.4. The summed E-state index contributed by atoms with van der Waals surface area (Å²) in [7, 11) is -0.130. The lowest BCUT2D eigenvalue weighted by molar-refractivity contribution is 0.487. The Balaban J connectivity index is 1.96. The van der Waals surface area contributed by atoms with Crippen LogP contribution in [0.4, 0.5) is 0 Å². The van der Waals surface area contributed by atoms with Gasteiger partial charge in [-0.3, -0.25) is 0 Å². The van der Waals surface area contributed by atoms with Crippen LogP contribution in [0.25, 0.3) is 11.1 Å². The molecule has 2 saturated carbocycles. The standard InChI is InChI=1S/C34H51P/c1-23(2)30-22-31(24(3)4)34(33(25(5)6)26(30)7)29-20-14-15-21-32(29)35(27-16-10-8-11-17-27)28-18-12-9-13-19-28/h14-15,20-25,27-28H,8-13,16-19H2,1-7H3. The highest BCUT2D eigenvalue weighted by molar-refractivity contribution is 7.67. The van der Waals surface area contributed by atoms with Crippen molar-refractivity contribution in [2.24, 2.45) is 0 Å². The first-order chi connectivity index (χ1) is 16.8. The molecule has 2 fully saturated rings. The predicted octanol–water partition coefficient (Wildman–Crippen LogP) is 10.8. The second-order valence-corrected chi connectivity index (χ2v) is 15.2. The van der Waals surface area contributed by atoms with Crippen LogP contribution < -0.4 is 5.30 Å². The van der Waals surface area contributed by atoms with Crippen molar-refractivity contribution in [2.45, 2.75) is 142 Å². The maximum absolute atomic E-state index is 2.59. The van der Waals surface area contributed by atoms with Crippen molar-refractivity contribution in [3.8, 4) is 11.1 Å². The van der Waals surface area contributed by atoms with E-state index in [9.17, 15) is 0 Å². The highest BCUT2D eigenvalue weighted by Crippen LogP contribution is 2.57. The minimum atomic E-state index is -0.130. The summed E-state index contributed by atoms with van der Waals surface area (Å²) in [6.07, 6.45) is 14.6. The van der Waals surface area contributed by atoms with Crippen LogP contribution in [0, 0.1) is 6.92 Å². The Kier molecular flexibility index (Phi) is 9.19. The number of hydrogen-bond acceptors (Lipinski definition) is 0. The van der Waals surface area contributed by atoms with E-state index >= 15 is 0 Å². The van der Waals surface area contributed by atoms with Gasteiger partial charge in [-0.1, -0.05) is 118 Å². The van der Waals surface area contributed by atoms with Gasteiger partial charge in [-0.15, -0.1) is 0 Å². The molecular formula is C34H51P. The summed E-state index contributed by atoms with van der Waals surface area (Å²) in [5.74, 6) is 1.63. The largest absolute Gasteiger partial charge is 0.0683 e. The smallest absolute Gasteiger partial charge is 0.0101 e. The molecule has 1 heteroatoms. The van der Waals surface area contributed by atoms with Gasteiger partial charge in [-0.05, 0) is 100 Å². The summed E-state index contributed by atoms with van der Waals surface area (Å²) in [6, 6.07) is 12.4. The Morgan fingerprint density at radius 2 is 1.17 bits per heavy atom. The zero-order valence-corrected chi connectivity index (χ0v) is 24.7. The molecule has 2 aliphatic carbocycles. The van der Waals surface area contributed by atoms with Crippen LogP contribution in [0.3, 0.4) is 0 Å². The summed E-state index contributed by atoms with van der Waals surface area (Å²) in [6.45, 7) is 16.8. The summed E-state index contributed by atoms with van der Waals surface area (Å²) >= 11 is 0. The molecule has 35 heavy (non-hydrogen) atoms. The second kappa shape index (κ2) is 11.9. The molecular weight excluding hydrogens is 439 g/mol. The highest BCUT2D eigenvalue weighted by atomic mass is 31.1. The molecule has 0 unspecified atom stereocenters. The van der Waals surface area contributed by atoms with E-state index in [0.717, 1.165) is 11.3 Å². The molecule has 2 aliphatic rings. The average Bonchev–Trinajstić information content (AvgIpc) is 2.85. The van der Waals surface area contributed by atoms with Gasteiger partial charge in [-0.25, -0.2) is 0 Å². The molecule has 2 aromatic carbocycles. The lowest BCUT2D eigenvalue weighted by atomic mass is 9.78. The van der Waals surface area contributed by atoms with Crippen LogP contribution in [0.2, 0.25) is 0 Å². The van der Waals surface area contributed by atoms with Gasteiger partial charge in [0.25, 0.3) is 0 Å².